The molecule has 0 saturated carbocycles. The largest absolute Gasteiger partial charge is 0.466 e. The van der Waals surface area contributed by atoms with Crippen LogP contribution in [0.3, 0.4) is 0 Å². The number of benzene rings is 3. The maximum atomic E-state index is 11.6. The first-order valence-electron chi connectivity index (χ1n) is 13.8. The maximum absolute atomic E-state index is 11.6. The smallest absolute Gasteiger partial charge is 0.305 e. The molecule has 0 bridgehead atoms. The first-order valence-corrected chi connectivity index (χ1v) is 13.8. The van der Waals surface area contributed by atoms with Gasteiger partial charge in [0.2, 0.25) is 0 Å². The molecular formula is C32H35N5O3. The van der Waals surface area contributed by atoms with Crippen molar-refractivity contribution in [3.05, 3.63) is 119 Å². The van der Waals surface area contributed by atoms with E-state index in [1.807, 2.05) is 24.3 Å². The molecule has 4 aromatic rings. The number of aryl methyl sites for hydroxylation is 1. The number of ether oxygens (including phenoxy) is 1. The number of hydrogen-bond donors (Lipinski definition) is 1. The molecule has 0 radical (unpaired) electrons. The monoisotopic (exact) mass is 537 g/mol. The van der Waals surface area contributed by atoms with Gasteiger partial charge in [0, 0.05) is 19.5 Å². The van der Waals surface area contributed by atoms with Crippen molar-refractivity contribution in [1.29, 1.82) is 0 Å². The fourth-order valence-corrected chi connectivity index (χ4v) is 5.55. The van der Waals surface area contributed by atoms with Gasteiger partial charge in [-0.2, -0.15) is 4.80 Å². The number of tetrazole rings is 1. The van der Waals surface area contributed by atoms with Crippen LogP contribution in [0.1, 0.15) is 48.7 Å². The molecule has 1 unspecified atom stereocenters. The van der Waals surface area contributed by atoms with Crippen LogP contribution in [0.25, 0.3) is 6.08 Å². The summed E-state index contributed by atoms with van der Waals surface area (Å²) in [5.74, 6) is 0.214. The second-order valence-electron chi connectivity index (χ2n) is 9.91. The summed E-state index contributed by atoms with van der Waals surface area (Å²) in [6.07, 6.45) is 2.69. The van der Waals surface area contributed by atoms with Gasteiger partial charge in [0.1, 0.15) is 0 Å². The second kappa shape index (κ2) is 12.8. The van der Waals surface area contributed by atoms with Gasteiger partial charge in [0.15, 0.2) is 5.82 Å². The minimum absolute atomic E-state index is 0.228. The molecule has 1 aliphatic rings. The zero-order chi connectivity index (χ0) is 27.8. The molecule has 8 heteroatoms. The highest BCUT2D eigenvalue weighted by Crippen LogP contribution is 2.44. The molecule has 3 aromatic carbocycles. The van der Waals surface area contributed by atoms with Gasteiger partial charge in [-0.05, 0) is 53.3 Å². The van der Waals surface area contributed by atoms with Crippen molar-refractivity contribution >= 4 is 12.0 Å². The first-order chi connectivity index (χ1) is 19.6. The number of nitrogens with zero attached hydrogens (tertiary/aromatic N) is 5. The van der Waals surface area contributed by atoms with Crippen LogP contribution in [0.15, 0.2) is 96.6 Å². The number of aliphatic hydroxyl groups is 1. The third-order valence-electron chi connectivity index (χ3n) is 7.35. The van der Waals surface area contributed by atoms with Gasteiger partial charge in [-0.15, -0.1) is 10.2 Å². The SMILES string of the molecule is CCOC(=O)CCCn1nnc(/C=C2/CN(C(c3ccccc3)(c3ccccc3)c3ccccc3)CCC2O)n1. The Balaban J connectivity index is 1.48. The predicted molar refractivity (Wildman–Crippen MR) is 153 cm³/mol. The molecule has 1 fully saturated rings. The van der Waals surface area contributed by atoms with Gasteiger partial charge in [0.25, 0.3) is 0 Å². The molecule has 5 rings (SSSR count). The lowest BCUT2D eigenvalue weighted by Gasteiger charge is -2.48. The van der Waals surface area contributed by atoms with E-state index in [4.69, 9.17) is 4.74 Å². The molecule has 8 nitrogen and oxygen atoms in total. The van der Waals surface area contributed by atoms with Crippen LogP contribution < -0.4 is 0 Å². The molecule has 1 saturated heterocycles. The van der Waals surface area contributed by atoms with Gasteiger partial charge in [0.05, 0.1) is 24.8 Å². The minimum atomic E-state index is -0.605. The standard InChI is InChI=1S/C32H35N5O3/c1-2-40-31(39)19-12-21-37-34-30(33-35-37)23-25-24-36(22-20-29(25)38)32(26-13-6-3-7-14-26,27-15-8-4-9-16-27)28-17-10-5-11-18-28/h3-11,13-18,23,29,38H,2,12,19-22,24H2,1H3/b25-23-. The maximum Gasteiger partial charge on any atom is 0.305 e. The van der Waals surface area contributed by atoms with E-state index in [1.54, 1.807) is 6.92 Å². The summed E-state index contributed by atoms with van der Waals surface area (Å²) in [6.45, 7) is 3.85. The van der Waals surface area contributed by atoms with Crippen molar-refractivity contribution in [2.45, 2.75) is 44.4 Å². The van der Waals surface area contributed by atoms with Crippen LogP contribution in [-0.2, 0) is 21.6 Å². The Labute approximate surface area is 234 Å². The average Bonchev–Trinajstić information content (AvgIpc) is 3.44. The number of carbonyl (C=O) groups is 1. The Bertz CT molecular complexity index is 1310. The highest BCUT2D eigenvalue weighted by molar-refractivity contribution is 5.69. The number of aromatic nitrogens is 4. The Hall–Kier alpha value is -4.14. The van der Waals surface area contributed by atoms with Crippen LogP contribution in [0.2, 0.25) is 0 Å². The zero-order valence-corrected chi connectivity index (χ0v) is 22.8. The summed E-state index contributed by atoms with van der Waals surface area (Å²) in [6, 6.07) is 31.7. The lowest BCUT2D eigenvalue weighted by atomic mass is 9.74. The number of carbonyl (C=O) groups excluding carboxylic acids is 1. The lowest BCUT2D eigenvalue weighted by Crippen LogP contribution is -2.52. The van der Waals surface area contributed by atoms with Crippen molar-refractivity contribution in [1.82, 2.24) is 25.1 Å². The van der Waals surface area contributed by atoms with E-state index in [0.29, 0.717) is 51.3 Å². The third kappa shape index (κ3) is 5.88. The molecule has 1 N–H and O–H groups in total. The van der Waals surface area contributed by atoms with Crippen molar-refractivity contribution in [3.63, 3.8) is 0 Å². The van der Waals surface area contributed by atoms with Gasteiger partial charge in [-0.1, -0.05) is 91.0 Å². The average molecular weight is 538 g/mol. The molecule has 0 aliphatic carbocycles. The molecule has 1 aliphatic heterocycles. The number of esters is 1. The van der Waals surface area contributed by atoms with E-state index in [2.05, 4.69) is 93.1 Å². The minimum Gasteiger partial charge on any atom is -0.466 e. The number of aliphatic hydroxyl groups excluding tert-OH is 1. The summed E-state index contributed by atoms with van der Waals surface area (Å²) in [7, 11) is 0. The van der Waals surface area contributed by atoms with Gasteiger partial charge < -0.3 is 9.84 Å². The fraction of sp³-hybridized carbons (Fsp3) is 0.312. The van der Waals surface area contributed by atoms with Crippen LogP contribution in [0.4, 0.5) is 0 Å². The number of piperidine rings is 1. The highest BCUT2D eigenvalue weighted by Gasteiger charge is 2.44. The van der Waals surface area contributed by atoms with Crippen molar-refractivity contribution in [3.8, 4) is 0 Å². The summed E-state index contributed by atoms with van der Waals surface area (Å²) in [5.41, 5.74) is 3.75. The molecular weight excluding hydrogens is 502 g/mol. The Kier molecular flexibility index (Phi) is 8.78. The first kappa shape index (κ1) is 27.4. The summed E-state index contributed by atoms with van der Waals surface area (Å²) in [5, 5.41) is 23.9. The number of hydrogen-bond acceptors (Lipinski definition) is 7. The van der Waals surface area contributed by atoms with Crippen molar-refractivity contribution < 1.29 is 14.6 Å². The van der Waals surface area contributed by atoms with E-state index >= 15 is 0 Å². The van der Waals surface area contributed by atoms with Crippen molar-refractivity contribution in [2.24, 2.45) is 0 Å². The fourth-order valence-electron chi connectivity index (χ4n) is 5.55. The van der Waals surface area contributed by atoms with Gasteiger partial charge in [-0.25, -0.2) is 0 Å². The van der Waals surface area contributed by atoms with Crippen LogP contribution in [-0.4, -0.2) is 62.0 Å². The number of rotatable bonds is 10. The second-order valence-corrected chi connectivity index (χ2v) is 9.91. The van der Waals surface area contributed by atoms with Crippen molar-refractivity contribution in [2.75, 3.05) is 19.7 Å². The highest BCUT2D eigenvalue weighted by atomic mass is 16.5. The molecule has 0 amide bonds. The molecule has 1 aromatic heterocycles. The molecule has 1 atom stereocenters. The molecule has 206 valence electrons. The third-order valence-corrected chi connectivity index (χ3v) is 7.35. The lowest BCUT2D eigenvalue weighted by molar-refractivity contribution is -0.143. The molecule has 0 spiro atoms. The normalized spacial score (nSPS) is 17.1. The summed E-state index contributed by atoms with van der Waals surface area (Å²) in [4.78, 5) is 15.6. The predicted octanol–water partition coefficient (Wildman–Crippen LogP) is 4.46. The van der Waals surface area contributed by atoms with E-state index < -0.39 is 11.6 Å². The molecule has 2 heterocycles. The van der Waals surface area contributed by atoms with E-state index in [-0.39, 0.29) is 5.97 Å². The Morgan fingerprint density at radius 3 is 2.10 bits per heavy atom. The summed E-state index contributed by atoms with van der Waals surface area (Å²) >= 11 is 0. The zero-order valence-electron chi connectivity index (χ0n) is 22.8. The number of likely N-dealkylation sites (tertiary alicyclic amines) is 1. The van der Waals surface area contributed by atoms with Crippen LogP contribution in [0, 0.1) is 0 Å². The quantitative estimate of drug-likeness (QED) is 0.236. The van der Waals surface area contributed by atoms with E-state index in [9.17, 15) is 9.90 Å². The summed E-state index contributed by atoms with van der Waals surface area (Å²) < 4.78 is 4.98. The topological polar surface area (TPSA) is 93.4 Å². The van der Waals surface area contributed by atoms with Gasteiger partial charge >= 0.3 is 5.97 Å². The van der Waals surface area contributed by atoms with Gasteiger partial charge in [-0.3, -0.25) is 9.69 Å². The Morgan fingerprint density at radius 2 is 1.55 bits per heavy atom. The van der Waals surface area contributed by atoms with E-state index in [1.165, 1.54) is 4.80 Å². The molecule has 40 heavy (non-hydrogen) atoms. The van der Waals surface area contributed by atoms with Crippen LogP contribution >= 0.6 is 0 Å². The Morgan fingerprint density at radius 1 is 0.975 bits per heavy atom. The van der Waals surface area contributed by atoms with Crippen LogP contribution in [0.5, 0.6) is 0 Å². The van der Waals surface area contributed by atoms with E-state index in [0.717, 1.165) is 22.3 Å².